The molecule has 0 radical (unpaired) electrons. The Bertz CT molecular complexity index is 354. The standard InChI is InChI=1S/C12H19N3O/c1-9(16)10-4-6-15(7-10)8-11-3-2-5-14-12(11)13/h2-3,5,9-10,16H,4,6-8H2,1H3,(H2,13,14). The summed E-state index contributed by atoms with van der Waals surface area (Å²) in [5, 5.41) is 9.53. The number of likely N-dealkylation sites (tertiary alicyclic amines) is 1. The molecule has 0 amide bonds. The monoisotopic (exact) mass is 221 g/mol. The Labute approximate surface area is 96.1 Å². The summed E-state index contributed by atoms with van der Waals surface area (Å²) in [7, 11) is 0. The van der Waals surface area contributed by atoms with Crippen LogP contribution in [-0.2, 0) is 6.54 Å². The number of rotatable bonds is 3. The van der Waals surface area contributed by atoms with Crippen LogP contribution in [0.3, 0.4) is 0 Å². The number of hydrogen-bond acceptors (Lipinski definition) is 4. The van der Waals surface area contributed by atoms with Gasteiger partial charge in [0.15, 0.2) is 0 Å². The maximum absolute atomic E-state index is 9.53. The summed E-state index contributed by atoms with van der Waals surface area (Å²) >= 11 is 0. The Morgan fingerprint density at radius 2 is 2.50 bits per heavy atom. The molecule has 4 nitrogen and oxygen atoms in total. The number of anilines is 1. The van der Waals surface area contributed by atoms with E-state index in [0.29, 0.717) is 11.7 Å². The maximum Gasteiger partial charge on any atom is 0.127 e. The van der Waals surface area contributed by atoms with E-state index in [1.807, 2.05) is 19.1 Å². The fourth-order valence-electron chi connectivity index (χ4n) is 2.23. The normalized spacial score (nSPS) is 23.5. The van der Waals surface area contributed by atoms with Crippen molar-refractivity contribution < 1.29 is 5.11 Å². The number of hydrogen-bond donors (Lipinski definition) is 2. The Balaban J connectivity index is 1.95. The van der Waals surface area contributed by atoms with E-state index in [4.69, 9.17) is 5.73 Å². The molecule has 0 saturated carbocycles. The highest BCUT2D eigenvalue weighted by Gasteiger charge is 2.26. The molecule has 88 valence electrons. The topological polar surface area (TPSA) is 62.4 Å². The van der Waals surface area contributed by atoms with Gasteiger partial charge < -0.3 is 10.8 Å². The summed E-state index contributed by atoms with van der Waals surface area (Å²) < 4.78 is 0. The van der Waals surface area contributed by atoms with Crippen molar-refractivity contribution in [3.63, 3.8) is 0 Å². The first-order valence-electron chi connectivity index (χ1n) is 5.76. The molecule has 0 spiro atoms. The van der Waals surface area contributed by atoms with Gasteiger partial charge in [-0.25, -0.2) is 4.98 Å². The fraction of sp³-hybridized carbons (Fsp3) is 0.583. The largest absolute Gasteiger partial charge is 0.393 e. The third-order valence-electron chi connectivity index (χ3n) is 3.31. The molecular weight excluding hydrogens is 202 g/mol. The first kappa shape index (κ1) is 11.4. The van der Waals surface area contributed by atoms with Crippen LogP contribution in [-0.4, -0.2) is 34.2 Å². The Kier molecular flexibility index (Phi) is 3.41. The summed E-state index contributed by atoms with van der Waals surface area (Å²) in [6.45, 7) is 4.69. The fourth-order valence-corrected chi connectivity index (χ4v) is 2.23. The van der Waals surface area contributed by atoms with Crippen molar-refractivity contribution in [1.29, 1.82) is 0 Å². The van der Waals surface area contributed by atoms with Gasteiger partial charge >= 0.3 is 0 Å². The lowest BCUT2D eigenvalue weighted by molar-refractivity contribution is 0.127. The van der Waals surface area contributed by atoms with Crippen LogP contribution in [0.25, 0.3) is 0 Å². The highest BCUT2D eigenvalue weighted by molar-refractivity contribution is 5.38. The number of nitrogen functional groups attached to an aromatic ring is 1. The number of pyridine rings is 1. The molecule has 1 aliphatic heterocycles. The molecule has 2 heterocycles. The summed E-state index contributed by atoms with van der Waals surface area (Å²) in [5.74, 6) is 1.01. The Morgan fingerprint density at radius 1 is 1.69 bits per heavy atom. The van der Waals surface area contributed by atoms with Gasteiger partial charge in [-0.3, -0.25) is 4.90 Å². The van der Waals surface area contributed by atoms with Crippen LogP contribution < -0.4 is 5.73 Å². The van der Waals surface area contributed by atoms with Crippen molar-refractivity contribution in [3.8, 4) is 0 Å². The smallest absolute Gasteiger partial charge is 0.127 e. The predicted octanol–water partition coefficient (Wildman–Crippen LogP) is 0.866. The second kappa shape index (κ2) is 4.80. The van der Waals surface area contributed by atoms with E-state index in [2.05, 4.69) is 9.88 Å². The number of nitrogens with two attached hydrogens (primary N) is 1. The first-order valence-corrected chi connectivity index (χ1v) is 5.76. The van der Waals surface area contributed by atoms with Crippen LogP contribution in [0.15, 0.2) is 18.3 Å². The predicted molar refractivity (Wildman–Crippen MR) is 63.7 cm³/mol. The summed E-state index contributed by atoms with van der Waals surface area (Å²) in [6, 6.07) is 3.92. The minimum Gasteiger partial charge on any atom is -0.393 e. The Morgan fingerprint density at radius 3 is 3.12 bits per heavy atom. The number of aliphatic hydroxyl groups excluding tert-OH is 1. The van der Waals surface area contributed by atoms with Crippen LogP contribution >= 0.6 is 0 Å². The zero-order valence-electron chi connectivity index (χ0n) is 9.63. The van der Waals surface area contributed by atoms with E-state index in [1.165, 1.54) is 0 Å². The molecule has 0 aromatic carbocycles. The zero-order valence-corrected chi connectivity index (χ0v) is 9.63. The van der Waals surface area contributed by atoms with Crippen LogP contribution in [0.2, 0.25) is 0 Å². The van der Waals surface area contributed by atoms with Crippen molar-refractivity contribution in [2.45, 2.75) is 26.0 Å². The van der Waals surface area contributed by atoms with Gasteiger partial charge in [-0.1, -0.05) is 6.07 Å². The number of nitrogens with zero attached hydrogens (tertiary/aromatic N) is 2. The molecule has 1 aromatic rings. The average molecular weight is 221 g/mol. The van der Waals surface area contributed by atoms with Gasteiger partial charge in [-0.15, -0.1) is 0 Å². The number of aliphatic hydroxyl groups is 1. The average Bonchev–Trinajstić information content (AvgIpc) is 2.70. The van der Waals surface area contributed by atoms with Crippen molar-refractivity contribution in [2.75, 3.05) is 18.8 Å². The number of aromatic nitrogens is 1. The van der Waals surface area contributed by atoms with Crippen LogP contribution in [0.4, 0.5) is 5.82 Å². The quantitative estimate of drug-likeness (QED) is 0.795. The highest BCUT2D eigenvalue weighted by Crippen LogP contribution is 2.22. The SMILES string of the molecule is CC(O)C1CCN(Cc2cccnc2N)C1. The summed E-state index contributed by atoms with van der Waals surface area (Å²) in [6.07, 6.45) is 2.57. The Hall–Kier alpha value is -1.13. The van der Waals surface area contributed by atoms with E-state index >= 15 is 0 Å². The maximum atomic E-state index is 9.53. The molecule has 0 bridgehead atoms. The van der Waals surface area contributed by atoms with Crippen LogP contribution in [0.1, 0.15) is 18.9 Å². The van der Waals surface area contributed by atoms with Crippen LogP contribution in [0, 0.1) is 5.92 Å². The minimum atomic E-state index is -0.212. The van der Waals surface area contributed by atoms with Crippen molar-refractivity contribution in [1.82, 2.24) is 9.88 Å². The highest BCUT2D eigenvalue weighted by atomic mass is 16.3. The lowest BCUT2D eigenvalue weighted by Crippen LogP contribution is -2.24. The molecular formula is C12H19N3O. The summed E-state index contributed by atoms with van der Waals surface area (Å²) in [5.41, 5.74) is 6.88. The summed E-state index contributed by atoms with van der Waals surface area (Å²) in [4.78, 5) is 6.40. The molecule has 2 unspecified atom stereocenters. The lowest BCUT2D eigenvalue weighted by atomic mass is 10.0. The molecule has 1 saturated heterocycles. The van der Waals surface area contributed by atoms with Crippen molar-refractivity contribution in [2.24, 2.45) is 5.92 Å². The molecule has 4 heteroatoms. The first-order chi connectivity index (χ1) is 7.66. The molecule has 1 aliphatic rings. The van der Waals surface area contributed by atoms with Crippen molar-refractivity contribution in [3.05, 3.63) is 23.9 Å². The molecule has 1 aromatic heterocycles. The molecule has 2 atom stereocenters. The van der Waals surface area contributed by atoms with Gasteiger partial charge in [0.05, 0.1) is 6.10 Å². The zero-order chi connectivity index (χ0) is 11.5. The van der Waals surface area contributed by atoms with Crippen molar-refractivity contribution >= 4 is 5.82 Å². The second-order valence-corrected chi connectivity index (χ2v) is 4.57. The van der Waals surface area contributed by atoms with Crippen LogP contribution in [0.5, 0.6) is 0 Å². The third kappa shape index (κ3) is 2.51. The molecule has 0 aliphatic carbocycles. The van der Waals surface area contributed by atoms with Gasteiger partial charge in [-0.2, -0.15) is 0 Å². The van der Waals surface area contributed by atoms with E-state index in [1.54, 1.807) is 6.20 Å². The van der Waals surface area contributed by atoms with E-state index in [-0.39, 0.29) is 6.10 Å². The van der Waals surface area contributed by atoms with Gasteiger partial charge in [0, 0.05) is 24.8 Å². The van der Waals surface area contributed by atoms with E-state index < -0.39 is 0 Å². The minimum absolute atomic E-state index is 0.212. The molecule has 3 N–H and O–H groups in total. The lowest BCUT2D eigenvalue weighted by Gasteiger charge is -2.17. The van der Waals surface area contributed by atoms with Gasteiger partial charge in [0.1, 0.15) is 5.82 Å². The van der Waals surface area contributed by atoms with Gasteiger partial charge in [-0.05, 0) is 31.9 Å². The van der Waals surface area contributed by atoms with E-state index in [0.717, 1.165) is 31.6 Å². The third-order valence-corrected chi connectivity index (χ3v) is 3.31. The van der Waals surface area contributed by atoms with E-state index in [9.17, 15) is 5.11 Å². The molecule has 16 heavy (non-hydrogen) atoms. The van der Waals surface area contributed by atoms with Gasteiger partial charge in [0.25, 0.3) is 0 Å². The molecule has 2 rings (SSSR count). The molecule has 1 fully saturated rings. The van der Waals surface area contributed by atoms with Gasteiger partial charge in [0.2, 0.25) is 0 Å². The second-order valence-electron chi connectivity index (χ2n) is 4.57.